The number of rotatable bonds is 4. The molecule has 4 heteroatoms. The van der Waals surface area contributed by atoms with Crippen LogP contribution in [-0.2, 0) is 13.0 Å². The van der Waals surface area contributed by atoms with Crippen LogP contribution in [0.2, 0.25) is 0 Å². The molecule has 0 aliphatic carbocycles. The molecule has 1 aliphatic rings. The molecule has 142 valence electrons. The van der Waals surface area contributed by atoms with Crippen molar-refractivity contribution in [2.24, 2.45) is 0 Å². The molecule has 2 heterocycles. The van der Waals surface area contributed by atoms with Gasteiger partial charge < -0.3 is 10.0 Å². The number of anilines is 1. The Morgan fingerprint density at radius 3 is 2.48 bits per heavy atom. The summed E-state index contributed by atoms with van der Waals surface area (Å²) in [6.07, 6.45) is 0.972. The van der Waals surface area contributed by atoms with Gasteiger partial charge in [-0.05, 0) is 24.1 Å². The molecule has 0 unspecified atom stereocenters. The van der Waals surface area contributed by atoms with Crippen molar-refractivity contribution in [3.05, 3.63) is 95.6 Å². The van der Waals surface area contributed by atoms with E-state index in [1.165, 1.54) is 11.3 Å². The molecule has 0 radical (unpaired) electrons. The van der Waals surface area contributed by atoms with Gasteiger partial charge in [-0.1, -0.05) is 66.7 Å². The third kappa shape index (κ3) is 3.03. The molecule has 4 nitrogen and oxygen atoms in total. The third-order valence-electron chi connectivity index (χ3n) is 5.59. The van der Waals surface area contributed by atoms with Gasteiger partial charge in [0.2, 0.25) is 0 Å². The standard InChI is InChI=1S/C25H20N2O2/c28-25(29)23-19-11-5-6-12-21(19)26-24(18-9-2-1-3-10-18)20(23)16-27-15-14-17-8-4-7-13-22(17)27/h1-13H,14-16H2,(H,28,29). The zero-order valence-corrected chi connectivity index (χ0v) is 15.9. The predicted octanol–water partition coefficient (Wildman–Crippen LogP) is 5.16. The topological polar surface area (TPSA) is 53.4 Å². The van der Waals surface area contributed by atoms with Gasteiger partial charge in [0.15, 0.2) is 0 Å². The van der Waals surface area contributed by atoms with E-state index >= 15 is 0 Å². The van der Waals surface area contributed by atoms with E-state index in [-0.39, 0.29) is 0 Å². The maximum Gasteiger partial charge on any atom is 0.336 e. The van der Waals surface area contributed by atoms with Gasteiger partial charge in [0.05, 0.1) is 16.8 Å². The molecule has 3 aromatic carbocycles. The first-order valence-corrected chi connectivity index (χ1v) is 9.75. The largest absolute Gasteiger partial charge is 0.478 e. The van der Waals surface area contributed by atoms with E-state index in [0.29, 0.717) is 23.0 Å². The van der Waals surface area contributed by atoms with Crippen LogP contribution in [-0.4, -0.2) is 22.6 Å². The van der Waals surface area contributed by atoms with E-state index in [2.05, 4.69) is 23.1 Å². The van der Waals surface area contributed by atoms with E-state index in [1.54, 1.807) is 0 Å². The van der Waals surface area contributed by atoms with Crippen LogP contribution in [0.5, 0.6) is 0 Å². The van der Waals surface area contributed by atoms with Crippen molar-refractivity contribution in [3.63, 3.8) is 0 Å². The molecule has 1 N–H and O–H groups in total. The van der Waals surface area contributed by atoms with Crippen molar-refractivity contribution in [1.29, 1.82) is 0 Å². The summed E-state index contributed by atoms with van der Waals surface area (Å²) >= 11 is 0. The number of carboxylic acid groups (broad SMARTS) is 1. The Kier molecular flexibility index (Phi) is 4.24. The minimum atomic E-state index is -0.914. The Balaban J connectivity index is 1.74. The number of hydrogen-bond donors (Lipinski definition) is 1. The molecule has 1 aromatic heterocycles. The molecule has 0 spiro atoms. The minimum absolute atomic E-state index is 0.346. The average molecular weight is 380 g/mol. The number of carboxylic acids is 1. The lowest BCUT2D eigenvalue weighted by molar-refractivity contribution is 0.0698. The zero-order chi connectivity index (χ0) is 19.8. The maximum atomic E-state index is 12.4. The minimum Gasteiger partial charge on any atom is -0.478 e. The molecule has 0 amide bonds. The second kappa shape index (κ2) is 7.06. The van der Waals surface area contributed by atoms with Crippen molar-refractivity contribution < 1.29 is 9.90 Å². The molecule has 5 rings (SSSR count). The molecule has 0 atom stereocenters. The number of pyridine rings is 1. The van der Waals surface area contributed by atoms with Crippen LogP contribution in [0.25, 0.3) is 22.2 Å². The van der Waals surface area contributed by atoms with Crippen molar-refractivity contribution >= 4 is 22.6 Å². The van der Waals surface area contributed by atoms with E-state index in [1.807, 2.05) is 60.7 Å². The monoisotopic (exact) mass is 380 g/mol. The Hall–Kier alpha value is -3.66. The van der Waals surface area contributed by atoms with Crippen LogP contribution in [0.15, 0.2) is 78.9 Å². The fourth-order valence-corrected chi connectivity index (χ4v) is 4.25. The van der Waals surface area contributed by atoms with Crippen LogP contribution in [0.4, 0.5) is 5.69 Å². The molecular weight excluding hydrogens is 360 g/mol. The van der Waals surface area contributed by atoms with Gasteiger partial charge >= 0.3 is 5.97 Å². The molecule has 29 heavy (non-hydrogen) atoms. The smallest absolute Gasteiger partial charge is 0.336 e. The SMILES string of the molecule is O=C(O)c1c(CN2CCc3ccccc32)c(-c2ccccc2)nc2ccccc12. The summed E-state index contributed by atoms with van der Waals surface area (Å²) in [6, 6.07) is 25.7. The Bertz CT molecular complexity index is 1220. The zero-order valence-electron chi connectivity index (χ0n) is 15.9. The Labute approximate surface area is 169 Å². The number of benzene rings is 3. The highest BCUT2D eigenvalue weighted by Crippen LogP contribution is 2.35. The number of hydrogen-bond acceptors (Lipinski definition) is 3. The van der Waals surface area contributed by atoms with Crippen LogP contribution >= 0.6 is 0 Å². The van der Waals surface area contributed by atoms with Gasteiger partial charge in [-0.25, -0.2) is 9.78 Å². The first kappa shape index (κ1) is 17.4. The Morgan fingerprint density at radius 1 is 0.931 bits per heavy atom. The lowest BCUT2D eigenvalue weighted by Gasteiger charge is -2.23. The van der Waals surface area contributed by atoms with Crippen LogP contribution < -0.4 is 4.90 Å². The van der Waals surface area contributed by atoms with Gasteiger partial charge in [0.25, 0.3) is 0 Å². The highest BCUT2D eigenvalue weighted by Gasteiger charge is 2.25. The van der Waals surface area contributed by atoms with Crippen molar-refractivity contribution in [2.45, 2.75) is 13.0 Å². The van der Waals surface area contributed by atoms with Gasteiger partial charge in [-0.3, -0.25) is 0 Å². The van der Waals surface area contributed by atoms with Crippen molar-refractivity contribution in [2.75, 3.05) is 11.4 Å². The van der Waals surface area contributed by atoms with Crippen molar-refractivity contribution in [1.82, 2.24) is 4.98 Å². The Morgan fingerprint density at radius 2 is 1.66 bits per heavy atom. The number of carbonyl (C=O) groups is 1. The normalized spacial score (nSPS) is 12.9. The predicted molar refractivity (Wildman–Crippen MR) is 115 cm³/mol. The summed E-state index contributed by atoms with van der Waals surface area (Å²) in [4.78, 5) is 19.6. The van der Waals surface area contributed by atoms with Crippen molar-refractivity contribution in [3.8, 4) is 11.3 Å². The first-order chi connectivity index (χ1) is 14.2. The third-order valence-corrected chi connectivity index (χ3v) is 5.59. The summed E-state index contributed by atoms with van der Waals surface area (Å²) in [5.41, 5.74) is 5.97. The lowest BCUT2D eigenvalue weighted by atomic mass is 9.96. The van der Waals surface area contributed by atoms with Gasteiger partial charge in [0.1, 0.15) is 0 Å². The molecule has 0 saturated heterocycles. The highest BCUT2D eigenvalue weighted by molar-refractivity contribution is 6.05. The van der Waals surface area contributed by atoms with E-state index < -0.39 is 5.97 Å². The van der Waals surface area contributed by atoms with Gasteiger partial charge in [-0.15, -0.1) is 0 Å². The summed E-state index contributed by atoms with van der Waals surface area (Å²) in [6.45, 7) is 1.39. The summed E-state index contributed by atoms with van der Waals surface area (Å²) in [7, 11) is 0. The molecule has 4 aromatic rings. The number of aromatic carboxylic acids is 1. The molecular formula is C25H20N2O2. The average Bonchev–Trinajstić information content (AvgIpc) is 3.16. The lowest BCUT2D eigenvalue weighted by Crippen LogP contribution is -2.22. The van der Waals surface area contributed by atoms with Crippen LogP contribution in [0.3, 0.4) is 0 Å². The van der Waals surface area contributed by atoms with E-state index in [0.717, 1.165) is 29.8 Å². The van der Waals surface area contributed by atoms with Gasteiger partial charge in [0, 0.05) is 35.3 Å². The quantitative estimate of drug-likeness (QED) is 0.531. The van der Waals surface area contributed by atoms with Gasteiger partial charge in [-0.2, -0.15) is 0 Å². The molecule has 0 fully saturated rings. The van der Waals surface area contributed by atoms with Crippen LogP contribution in [0.1, 0.15) is 21.5 Å². The first-order valence-electron chi connectivity index (χ1n) is 9.75. The number of nitrogens with zero attached hydrogens (tertiary/aromatic N) is 2. The van der Waals surface area contributed by atoms with Crippen LogP contribution in [0, 0.1) is 0 Å². The molecule has 1 aliphatic heterocycles. The number of para-hydroxylation sites is 2. The molecule has 0 bridgehead atoms. The number of fused-ring (bicyclic) bond motifs is 2. The van der Waals surface area contributed by atoms with E-state index in [9.17, 15) is 9.90 Å². The highest BCUT2D eigenvalue weighted by atomic mass is 16.4. The fourth-order valence-electron chi connectivity index (χ4n) is 4.25. The summed E-state index contributed by atoms with van der Waals surface area (Å²) in [5, 5.41) is 10.8. The molecule has 0 saturated carbocycles. The maximum absolute atomic E-state index is 12.4. The van der Waals surface area contributed by atoms with E-state index in [4.69, 9.17) is 4.98 Å². The second-order valence-electron chi connectivity index (χ2n) is 7.30. The number of aromatic nitrogens is 1. The summed E-state index contributed by atoms with van der Waals surface area (Å²) in [5.74, 6) is -0.914. The summed E-state index contributed by atoms with van der Waals surface area (Å²) < 4.78 is 0. The fraction of sp³-hybridized carbons (Fsp3) is 0.120. The second-order valence-corrected chi connectivity index (χ2v) is 7.30.